The Labute approximate surface area is 536 Å². The monoisotopic (exact) mass is 1200 g/mol. The van der Waals surface area contributed by atoms with Gasteiger partial charge in [-0.3, -0.25) is 9.59 Å². The zero-order chi connectivity index (χ0) is 68.2. The molecule has 0 spiro atoms. The fourth-order valence-corrected chi connectivity index (χ4v) is 5.58. The summed E-state index contributed by atoms with van der Waals surface area (Å²) in [7, 11) is 0. The van der Waals surface area contributed by atoms with Crippen LogP contribution in [0.25, 0.3) is 0 Å². The first-order valence-corrected chi connectivity index (χ1v) is 26.9. The molecule has 0 aliphatic heterocycles. The summed E-state index contributed by atoms with van der Waals surface area (Å²) in [5, 5.41) is 5.60. The van der Waals surface area contributed by atoms with E-state index in [0.29, 0.717) is 26.1 Å². The molecule has 2 N–H and O–H groups in total. The van der Waals surface area contributed by atoms with Gasteiger partial charge in [-0.1, -0.05) is 53.1 Å². The third-order valence-electron chi connectivity index (χ3n) is 9.00. The number of rotatable bonds is 12. The van der Waals surface area contributed by atoms with Crippen molar-refractivity contribution in [1.82, 2.24) is 10.6 Å². The van der Waals surface area contributed by atoms with Crippen molar-refractivity contribution in [3.05, 3.63) is 315 Å². The molecular weight excluding hydrogens is 1150 g/mol. The van der Waals surface area contributed by atoms with Crippen LogP contribution in [0.2, 0.25) is 0 Å². The number of alkyl carbamates (subject to hydrolysis) is 2. The maximum Gasteiger partial charge on any atom is 0.407 e. The second-order valence-electron chi connectivity index (χ2n) is 16.1. The van der Waals surface area contributed by atoms with Crippen molar-refractivity contribution in [2.75, 3.05) is 13.2 Å². The summed E-state index contributed by atoms with van der Waals surface area (Å²) in [4.78, 5) is 67.9. The molecule has 2 aliphatic rings. The molecular formula is C80H56N2O10. The minimum absolute atomic E-state index is 0.00199. The molecule has 0 aromatic heterocycles. The highest BCUT2D eigenvalue weighted by Crippen LogP contribution is 2.21. The van der Waals surface area contributed by atoms with Gasteiger partial charge in [0, 0.05) is 54.1 Å². The predicted octanol–water partition coefficient (Wildman–Crippen LogP) is 12.9. The molecule has 0 radical (unpaired) electrons. The second kappa shape index (κ2) is 59.9. The van der Waals surface area contributed by atoms with Crippen LogP contribution in [0.5, 0.6) is 0 Å². The molecule has 2 amide bonds. The van der Waals surface area contributed by atoms with Crippen LogP contribution in [0.1, 0.15) is 80.1 Å². The molecule has 4 atom stereocenters. The van der Waals surface area contributed by atoms with Crippen LogP contribution in [0.4, 0.5) is 9.59 Å². The van der Waals surface area contributed by atoms with Gasteiger partial charge in [-0.25, -0.2) is 19.2 Å². The first-order chi connectivity index (χ1) is 44.6. The minimum atomic E-state index is -0.649. The lowest BCUT2D eigenvalue weighted by Crippen LogP contribution is -2.36. The highest BCUT2D eigenvalue weighted by atomic mass is 16.6. The number of Topliss-reactive ketones (excluding diaryl/α,β-unsaturated/α-hetero) is 1. The van der Waals surface area contributed by atoms with E-state index in [-0.39, 0.29) is 23.7 Å². The van der Waals surface area contributed by atoms with Crippen molar-refractivity contribution >= 4 is 35.7 Å². The summed E-state index contributed by atoms with van der Waals surface area (Å²) in [5.74, 6) is 3.50. The Kier molecular flexibility index (Phi) is 52.0. The topological polar surface area (TPSA) is 163 Å². The quantitative estimate of drug-likeness (QED) is 0.0480. The summed E-state index contributed by atoms with van der Waals surface area (Å²) in [6.45, 7) is 23.4. The second-order valence-corrected chi connectivity index (χ2v) is 16.1. The number of carbonyl (C=O) groups excluding carboxylic acids is 6. The summed E-state index contributed by atoms with van der Waals surface area (Å²) in [6, 6.07) is -0.00720. The number of ether oxygens (including phenoxy) is 4. The average molecular weight is 1210 g/mol. The molecule has 12 nitrogen and oxygen atoms in total. The van der Waals surface area contributed by atoms with Crippen molar-refractivity contribution in [3.63, 3.8) is 0 Å². The van der Waals surface area contributed by atoms with Gasteiger partial charge in [0.05, 0.1) is 13.2 Å². The molecule has 0 aromatic carbocycles. The van der Waals surface area contributed by atoms with E-state index in [0.717, 1.165) is 36.8 Å². The molecule has 2 rings (SSSR count). The summed E-state index contributed by atoms with van der Waals surface area (Å²) >= 11 is 0. The lowest BCUT2D eigenvalue weighted by molar-refractivity contribution is -0.141. The number of ketones is 2. The van der Waals surface area contributed by atoms with E-state index in [1.165, 1.54) is 38.2 Å². The van der Waals surface area contributed by atoms with Gasteiger partial charge < -0.3 is 29.6 Å². The zero-order valence-corrected chi connectivity index (χ0v) is 51.5. The Morgan fingerprint density at radius 2 is 0.739 bits per heavy atom. The van der Waals surface area contributed by atoms with Crippen LogP contribution in [0.15, 0.2) is 315 Å². The van der Waals surface area contributed by atoms with E-state index in [9.17, 15) is 28.8 Å². The number of hydrogen-bond donors (Lipinski definition) is 2. The molecule has 0 saturated heterocycles. The smallest absolute Gasteiger partial charge is 0.407 e. The van der Waals surface area contributed by atoms with Crippen LogP contribution < -0.4 is 10.6 Å². The van der Waals surface area contributed by atoms with Gasteiger partial charge in [-0.15, -0.1) is 0 Å². The van der Waals surface area contributed by atoms with Gasteiger partial charge in [-0.2, -0.15) is 0 Å². The van der Waals surface area contributed by atoms with Gasteiger partial charge >= 0.3 is 24.1 Å². The van der Waals surface area contributed by atoms with Gasteiger partial charge in [0.25, 0.3) is 0 Å². The predicted molar refractivity (Wildman–Crippen MR) is 342 cm³/mol. The molecule has 0 saturated carbocycles. The largest absolute Gasteiger partial charge is 0.455 e. The molecule has 0 aromatic rings. The van der Waals surface area contributed by atoms with Crippen LogP contribution in [-0.4, -0.2) is 73.2 Å². The molecule has 0 fully saturated rings. The van der Waals surface area contributed by atoms with E-state index in [4.69, 9.17) is 18.9 Å². The third kappa shape index (κ3) is 57.6. The van der Waals surface area contributed by atoms with Gasteiger partial charge in [0.15, 0.2) is 11.9 Å². The highest BCUT2D eigenvalue weighted by molar-refractivity contribution is 5.93. The summed E-state index contributed by atoms with van der Waals surface area (Å²) in [6.07, 6.45) is 15.6. The number of amides is 2. The SMILES string of the molecule is C=C=C=C=C=C=C=C=C=C=C=C=C=C=C=C=C=C=C=C=C.C=C=C=C=C=C=C=C=C=C=C=C=C=C=C=C=C=C=C=C=C=C=C.CCOC(=O)N[C@@H]1CCC=C(/C=C/C(=O)OC(C)/C=C\C(C)=O)C1.CCOC(=O)N[C@@H]1CCC=C(/C=C/C(=O)O[C@H](C)C#CC(C)=O)C1. The molecule has 0 heterocycles. The molecule has 12 heteroatoms. The van der Waals surface area contributed by atoms with E-state index in [1.807, 2.05) is 12.2 Å². The molecule has 1 unspecified atom stereocenters. The first-order valence-electron chi connectivity index (χ1n) is 26.9. The standard InChI is InChI=1S/C23H4.C21H4.C18H25NO5.C18H23NO5/c1-3-5-7-9-11-13-15-17-19-21-23-22-20-18-16-14-12-10-8-6-4-2;1-3-5-7-9-11-13-15-17-19-21-20-18-16-14-12-10-8-6-4-2;2*1-4-23-18(22)19-16-7-5-6-15(12-16)10-11-17(21)24-14(3)9-8-13(2)20/h1-2H2;1-2H2;6,8-11,14,16H,4-5,7,12H2,1-3H3,(H,19,22);6,10-11,14,16H,4-5,7,12H2,1-3H3,(H,19,22)/b;;9-8-,11-10+;11-10+/t;;14?,16-;14-,16-/m..11/s1. The number of nitrogens with one attached hydrogen (secondary N) is 2. The van der Waals surface area contributed by atoms with Crippen LogP contribution >= 0.6 is 0 Å². The summed E-state index contributed by atoms with van der Waals surface area (Å²) in [5.41, 5.74) is 101. The third-order valence-corrected chi connectivity index (χ3v) is 9.00. The Morgan fingerprint density at radius 3 is 1.00 bits per heavy atom. The molecule has 0 bridgehead atoms. The maximum atomic E-state index is 11.7. The Bertz CT molecular complexity index is 4500. The zero-order valence-electron chi connectivity index (χ0n) is 51.5. The van der Waals surface area contributed by atoms with Gasteiger partial charge in [0.2, 0.25) is 5.78 Å². The van der Waals surface area contributed by atoms with Crippen molar-refractivity contribution in [2.45, 2.75) is 104 Å². The fraction of sp³-hybridized carbons (Fsp3) is 0.225. The lowest BCUT2D eigenvalue weighted by Gasteiger charge is -2.22. The van der Waals surface area contributed by atoms with Crippen molar-refractivity contribution in [2.24, 2.45) is 0 Å². The van der Waals surface area contributed by atoms with Crippen molar-refractivity contribution in [3.8, 4) is 11.8 Å². The van der Waals surface area contributed by atoms with Gasteiger partial charge in [-0.05, 0) is 312 Å². The Hall–Kier alpha value is -14.2. The van der Waals surface area contributed by atoms with Gasteiger partial charge in [0.1, 0.15) is 6.10 Å². The van der Waals surface area contributed by atoms with Crippen LogP contribution in [-0.2, 0) is 38.1 Å². The number of esters is 2. The fourth-order valence-electron chi connectivity index (χ4n) is 5.58. The Morgan fingerprint density at radius 1 is 0.457 bits per heavy atom. The minimum Gasteiger partial charge on any atom is -0.455 e. The number of hydrogen-bond acceptors (Lipinski definition) is 10. The number of allylic oxidation sites excluding steroid dienone is 5. The first kappa shape index (κ1) is 79.8. The van der Waals surface area contributed by atoms with Crippen LogP contribution in [0.3, 0.4) is 0 Å². The lowest BCUT2D eigenvalue weighted by atomic mass is 9.94. The van der Waals surface area contributed by atoms with E-state index in [2.05, 4.69) is 278 Å². The van der Waals surface area contributed by atoms with Crippen molar-refractivity contribution in [1.29, 1.82) is 0 Å². The molecule has 92 heavy (non-hydrogen) atoms. The van der Waals surface area contributed by atoms with E-state index >= 15 is 0 Å². The maximum absolute atomic E-state index is 11.7. The van der Waals surface area contributed by atoms with E-state index in [1.54, 1.807) is 39.8 Å². The average Bonchev–Trinajstić information content (AvgIpc) is 1.82. The molecule has 2 aliphatic carbocycles. The normalized spacial score (nSPS) is 11.5. The Balaban J connectivity index is 0. The van der Waals surface area contributed by atoms with E-state index < -0.39 is 36.3 Å². The van der Waals surface area contributed by atoms with Crippen LogP contribution in [0, 0.1) is 11.8 Å². The molecule has 446 valence electrons. The van der Waals surface area contributed by atoms with Crippen molar-refractivity contribution < 1.29 is 47.7 Å². The number of carbonyl (C=O) groups is 6. The highest BCUT2D eigenvalue weighted by Gasteiger charge is 2.18. The summed E-state index contributed by atoms with van der Waals surface area (Å²) < 4.78 is 19.9.